The van der Waals surface area contributed by atoms with E-state index in [1.54, 1.807) is 29.3 Å². The van der Waals surface area contributed by atoms with E-state index in [0.717, 1.165) is 11.8 Å². The van der Waals surface area contributed by atoms with E-state index < -0.39 is 11.6 Å². The van der Waals surface area contributed by atoms with Crippen molar-refractivity contribution in [3.63, 3.8) is 0 Å². The molecule has 2 N–H and O–H groups in total. The van der Waals surface area contributed by atoms with Crippen molar-refractivity contribution < 1.29 is 8.78 Å². The summed E-state index contributed by atoms with van der Waals surface area (Å²) in [6.07, 6.45) is 1.53. The molecule has 1 aromatic carbocycles. The zero-order chi connectivity index (χ0) is 15.9. The fourth-order valence-corrected chi connectivity index (χ4v) is 2.08. The SMILES string of the molecule is CCS/C=C(\N)C#Cc1ccc(-c2ccc(F)cc2F)nc1. The molecule has 1 aromatic heterocycles. The molecular formula is C17H14F2N2S. The first-order chi connectivity index (χ1) is 10.6. The largest absolute Gasteiger partial charge is 0.391 e. The van der Waals surface area contributed by atoms with Crippen LogP contribution < -0.4 is 5.73 Å². The maximum absolute atomic E-state index is 13.7. The summed E-state index contributed by atoms with van der Waals surface area (Å²) in [7, 11) is 0. The summed E-state index contributed by atoms with van der Waals surface area (Å²) in [5.74, 6) is 5.37. The molecule has 0 unspecified atom stereocenters. The normalized spacial score (nSPS) is 11.0. The van der Waals surface area contributed by atoms with Gasteiger partial charge in [-0.3, -0.25) is 4.98 Å². The monoisotopic (exact) mass is 316 g/mol. The second-order valence-electron chi connectivity index (χ2n) is 4.33. The third kappa shape index (κ3) is 4.34. The first kappa shape index (κ1) is 16.1. The Morgan fingerprint density at radius 3 is 2.77 bits per heavy atom. The summed E-state index contributed by atoms with van der Waals surface area (Å²) in [5.41, 5.74) is 7.55. The molecule has 0 aliphatic heterocycles. The summed E-state index contributed by atoms with van der Waals surface area (Å²) >= 11 is 1.58. The van der Waals surface area contributed by atoms with Crippen molar-refractivity contribution in [1.82, 2.24) is 4.98 Å². The highest BCUT2D eigenvalue weighted by Gasteiger charge is 2.07. The van der Waals surface area contributed by atoms with E-state index in [-0.39, 0.29) is 5.56 Å². The molecule has 0 bridgehead atoms. The number of pyridine rings is 1. The Balaban J connectivity index is 2.19. The molecule has 2 aromatic rings. The standard InChI is InChI=1S/C17H14F2N2S/c1-2-22-11-14(20)6-3-12-4-8-17(21-10-12)15-7-5-13(18)9-16(15)19/h4-5,7-11H,2,20H2,1H3/b14-11-. The van der Waals surface area contributed by atoms with Crippen LogP contribution in [0.4, 0.5) is 8.78 Å². The average molecular weight is 316 g/mol. The predicted octanol–water partition coefficient (Wildman–Crippen LogP) is 3.93. The van der Waals surface area contributed by atoms with Crippen LogP contribution in [0.3, 0.4) is 0 Å². The first-order valence-corrected chi connectivity index (χ1v) is 7.65. The first-order valence-electron chi connectivity index (χ1n) is 6.61. The Kier molecular flexibility index (Phi) is 5.56. The molecular weight excluding hydrogens is 302 g/mol. The Labute approximate surface area is 132 Å². The van der Waals surface area contributed by atoms with E-state index in [4.69, 9.17) is 5.73 Å². The third-order valence-corrected chi connectivity index (χ3v) is 3.45. The van der Waals surface area contributed by atoms with Gasteiger partial charge in [0.2, 0.25) is 0 Å². The number of rotatable bonds is 3. The van der Waals surface area contributed by atoms with Crippen LogP contribution in [0.25, 0.3) is 11.3 Å². The molecule has 0 radical (unpaired) electrons. The van der Waals surface area contributed by atoms with Crippen LogP contribution in [0.1, 0.15) is 12.5 Å². The zero-order valence-electron chi connectivity index (χ0n) is 11.9. The minimum atomic E-state index is -0.643. The summed E-state index contributed by atoms with van der Waals surface area (Å²) in [6, 6.07) is 6.76. The van der Waals surface area contributed by atoms with E-state index >= 15 is 0 Å². The number of nitrogens with two attached hydrogens (primary N) is 1. The van der Waals surface area contributed by atoms with Crippen LogP contribution in [0.15, 0.2) is 47.6 Å². The van der Waals surface area contributed by atoms with Crippen LogP contribution in [-0.4, -0.2) is 10.7 Å². The minimum Gasteiger partial charge on any atom is -0.391 e. The summed E-state index contributed by atoms with van der Waals surface area (Å²) < 4.78 is 26.6. The smallest absolute Gasteiger partial charge is 0.135 e. The Bertz CT molecular complexity index is 743. The van der Waals surface area contributed by atoms with Crippen molar-refractivity contribution in [2.24, 2.45) is 5.73 Å². The van der Waals surface area contributed by atoms with Gasteiger partial charge < -0.3 is 5.73 Å². The molecule has 0 saturated carbocycles. The van der Waals surface area contributed by atoms with Crippen molar-refractivity contribution in [3.05, 3.63) is 64.8 Å². The predicted molar refractivity (Wildman–Crippen MR) is 86.9 cm³/mol. The molecule has 0 atom stereocenters. The Morgan fingerprint density at radius 1 is 1.32 bits per heavy atom. The van der Waals surface area contributed by atoms with Gasteiger partial charge in [-0.2, -0.15) is 0 Å². The van der Waals surface area contributed by atoms with Gasteiger partial charge in [-0.15, -0.1) is 11.8 Å². The summed E-state index contributed by atoms with van der Waals surface area (Å²) in [4.78, 5) is 4.15. The van der Waals surface area contributed by atoms with Crippen LogP contribution in [0, 0.1) is 23.5 Å². The van der Waals surface area contributed by atoms with Gasteiger partial charge in [-0.05, 0) is 35.9 Å². The number of allylic oxidation sites excluding steroid dienone is 1. The molecule has 5 heteroatoms. The van der Waals surface area contributed by atoms with Gasteiger partial charge in [0.1, 0.15) is 11.6 Å². The highest BCUT2D eigenvalue weighted by atomic mass is 32.2. The van der Waals surface area contributed by atoms with Crippen molar-refractivity contribution in [2.75, 3.05) is 5.75 Å². The van der Waals surface area contributed by atoms with Crippen LogP contribution in [0.5, 0.6) is 0 Å². The lowest BCUT2D eigenvalue weighted by molar-refractivity contribution is 0.585. The molecule has 0 fully saturated rings. The zero-order valence-corrected chi connectivity index (χ0v) is 12.8. The lowest BCUT2D eigenvalue weighted by atomic mass is 10.1. The number of hydrogen-bond donors (Lipinski definition) is 1. The minimum absolute atomic E-state index is 0.250. The van der Waals surface area contributed by atoms with Crippen LogP contribution in [-0.2, 0) is 0 Å². The van der Waals surface area contributed by atoms with Gasteiger partial charge in [0.15, 0.2) is 0 Å². The number of hydrogen-bond acceptors (Lipinski definition) is 3. The molecule has 112 valence electrons. The van der Waals surface area contributed by atoms with Crippen molar-refractivity contribution in [3.8, 4) is 23.1 Å². The van der Waals surface area contributed by atoms with Crippen molar-refractivity contribution >= 4 is 11.8 Å². The number of aromatic nitrogens is 1. The number of nitrogens with zero attached hydrogens (tertiary/aromatic N) is 1. The lowest BCUT2D eigenvalue weighted by Gasteiger charge is -2.02. The fourth-order valence-electron chi connectivity index (χ4n) is 1.67. The number of thioether (sulfide) groups is 1. The van der Waals surface area contributed by atoms with Gasteiger partial charge >= 0.3 is 0 Å². The summed E-state index contributed by atoms with van der Waals surface area (Å²) in [6.45, 7) is 2.03. The van der Waals surface area contributed by atoms with E-state index in [1.807, 2.05) is 6.92 Å². The molecule has 0 aliphatic rings. The van der Waals surface area contributed by atoms with Crippen molar-refractivity contribution in [1.29, 1.82) is 0 Å². The maximum Gasteiger partial charge on any atom is 0.135 e. The van der Waals surface area contributed by atoms with Gasteiger partial charge in [-0.25, -0.2) is 8.78 Å². The van der Waals surface area contributed by atoms with Gasteiger partial charge in [0, 0.05) is 28.8 Å². The molecule has 1 heterocycles. The van der Waals surface area contributed by atoms with Gasteiger partial charge in [-0.1, -0.05) is 12.8 Å². The molecule has 2 nitrogen and oxygen atoms in total. The molecule has 0 aliphatic carbocycles. The van der Waals surface area contributed by atoms with E-state index in [2.05, 4.69) is 16.8 Å². The van der Waals surface area contributed by atoms with E-state index in [1.165, 1.54) is 18.3 Å². The quantitative estimate of drug-likeness (QED) is 0.872. The van der Waals surface area contributed by atoms with Crippen molar-refractivity contribution in [2.45, 2.75) is 6.92 Å². The second kappa shape index (κ2) is 7.62. The Hall–Kier alpha value is -2.32. The molecule has 0 saturated heterocycles. The number of benzene rings is 1. The molecule has 0 amide bonds. The van der Waals surface area contributed by atoms with Crippen LogP contribution in [0.2, 0.25) is 0 Å². The third-order valence-electron chi connectivity index (χ3n) is 2.70. The van der Waals surface area contributed by atoms with E-state index in [9.17, 15) is 8.78 Å². The second-order valence-corrected chi connectivity index (χ2v) is 5.48. The number of halogens is 2. The average Bonchev–Trinajstić information content (AvgIpc) is 2.51. The topological polar surface area (TPSA) is 38.9 Å². The Morgan fingerprint density at radius 2 is 2.14 bits per heavy atom. The van der Waals surface area contributed by atoms with Gasteiger partial charge in [0.05, 0.1) is 11.4 Å². The van der Waals surface area contributed by atoms with E-state index in [0.29, 0.717) is 17.0 Å². The molecule has 0 spiro atoms. The fraction of sp³-hybridized carbons (Fsp3) is 0.118. The van der Waals surface area contributed by atoms with Gasteiger partial charge in [0.25, 0.3) is 0 Å². The highest BCUT2D eigenvalue weighted by molar-refractivity contribution is 8.02. The van der Waals surface area contributed by atoms with Crippen LogP contribution >= 0.6 is 11.8 Å². The maximum atomic E-state index is 13.7. The summed E-state index contributed by atoms with van der Waals surface area (Å²) in [5, 5.41) is 1.79. The highest BCUT2D eigenvalue weighted by Crippen LogP contribution is 2.21. The lowest BCUT2D eigenvalue weighted by Crippen LogP contribution is -1.92. The molecule has 2 rings (SSSR count). The molecule has 22 heavy (non-hydrogen) atoms.